The lowest BCUT2D eigenvalue weighted by molar-refractivity contribution is -0.0628. The lowest BCUT2D eigenvalue weighted by Crippen LogP contribution is -2.53. The number of aliphatic hydroxyl groups is 4. The van der Waals surface area contributed by atoms with Gasteiger partial charge in [-0.1, -0.05) is 24.3 Å². The van der Waals surface area contributed by atoms with Gasteiger partial charge >= 0.3 is 0 Å². The molecule has 0 aliphatic carbocycles. The first-order chi connectivity index (χ1) is 31.0. The molecule has 16 heteroatoms. The van der Waals surface area contributed by atoms with E-state index in [1.807, 2.05) is 84.3 Å². The summed E-state index contributed by atoms with van der Waals surface area (Å²) in [6.45, 7) is 11.1. The van der Waals surface area contributed by atoms with Crippen LogP contribution in [0.15, 0.2) is 82.4 Å². The number of β-amino-alcohol motifs (C(OH)–C–C–N with tert-alkyl or cyclic N) is 2. The Labute approximate surface area is 380 Å². The largest absolute Gasteiger partial charge is 0.489 e. The van der Waals surface area contributed by atoms with Crippen molar-refractivity contribution >= 4 is 63.0 Å². The Morgan fingerprint density at radius 2 is 0.922 bits per heavy atom. The Balaban J connectivity index is 0.663. The van der Waals surface area contributed by atoms with E-state index in [4.69, 9.17) is 18.9 Å². The number of rotatable bonds is 19. The van der Waals surface area contributed by atoms with E-state index < -0.39 is 24.7 Å². The van der Waals surface area contributed by atoms with Crippen LogP contribution >= 0.6 is 22.7 Å². The molecule has 2 aromatic heterocycles. The number of piperazine rings is 2. The zero-order chi connectivity index (χ0) is 44.7. The van der Waals surface area contributed by atoms with Crippen LogP contribution in [0.3, 0.4) is 0 Å². The molecule has 4 unspecified atom stereocenters. The first kappa shape index (κ1) is 46.4. The van der Waals surface area contributed by atoms with E-state index in [1.54, 1.807) is 34.8 Å². The van der Waals surface area contributed by atoms with Gasteiger partial charge in [0.1, 0.15) is 37.2 Å². The van der Waals surface area contributed by atoms with Gasteiger partial charge in [0.15, 0.2) is 10.9 Å². The molecule has 0 bridgehead atoms. The van der Waals surface area contributed by atoms with Crippen molar-refractivity contribution in [2.45, 2.75) is 38.5 Å². The molecule has 64 heavy (non-hydrogen) atoms. The van der Waals surface area contributed by atoms with Crippen LogP contribution < -0.4 is 20.3 Å². The Kier molecular flexibility index (Phi) is 15.5. The van der Waals surface area contributed by atoms with E-state index in [-0.39, 0.29) is 37.3 Å². The van der Waals surface area contributed by atoms with Crippen molar-refractivity contribution in [1.82, 2.24) is 19.6 Å². The third-order valence-electron chi connectivity index (χ3n) is 12.1. The van der Waals surface area contributed by atoms with Crippen LogP contribution in [-0.4, -0.2) is 170 Å². The summed E-state index contributed by atoms with van der Waals surface area (Å²) >= 11 is 3.19. The summed E-state index contributed by atoms with van der Waals surface area (Å²) in [5, 5.41) is 45.7. The second-order valence-electron chi connectivity index (χ2n) is 16.8. The molecule has 342 valence electrons. The van der Waals surface area contributed by atoms with Crippen molar-refractivity contribution in [3.63, 3.8) is 0 Å². The highest BCUT2D eigenvalue weighted by Gasteiger charge is 2.26. The summed E-state index contributed by atoms with van der Waals surface area (Å²) < 4.78 is 27.1. The van der Waals surface area contributed by atoms with E-state index in [0.29, 0.717) is 112 Å². The molecule has 6 aromatic rings. The number of nitrogens with zero attached hydrogens (tertiary/aromatic N) is 4. The van der Waals surface area contributed by atoms with Crippen LogP contribution in [0.4, 0.5) is 0 Å². The molecule has 0 amide bonds. The fourth-order valence-corrected chi connectivity index (χ4v) is 10.8. The number of aliphatic hydroxyl groups excluding tert-OH is 4. The number of hydrogen-bond acceptors (Lipinski definition) is 16. The van der Waals surface area contributed by atoms with E-state index in [2.05, 4.69) is 9.80 Å². The van der Waals surface area contributed by atoms with Crippen LogP contribution in [-0.2, 0) is 9.47 Å². The van der Waals surface area contributed by atoms with Gasteiger partial charge in [-0.2, -0.15) is 0 Å². The van der Waals surface area contributed by atoms with Crippen molar-refractivity contribution in [3.05, 3.63) is 104 Å². The van der Waals surface area contributed by atoms with Gasteiger partial charge in [-0.25, -0.2) is 0 Å². The predicted octanol–water partition coefficient (Wildman–Crippen LogP) is 3.84. The number of aryl methyl sites for hydroxylation is 2. The molecule has 2 fully saturated rings. The fourth-order valence-electron chi connectivity index (χ4n) is 8.55. The number of benzene rings is 4. The molecule has 4 atom stereocenters. The first-order valence-corrected chi connectivity index (χ1v) is 23.6. The number of fused-ring (bicyclic) bond motifs is 4. The van der Waals surface area contributed by atoms with Gasteiger partial charge in [0.25, 0.3) is 0 Å². The Morgan fingerprint density at radius 3 is 1.33 bits per heavy atom. The van der Waals surface area contributed by atoms with Crippen molar-refractivity contribution in [1.29, 1.82) is 0 Å². The quantitative estimate of drug-likeness (QED) is 0.0685. The monoisotopic (exact) mass is 914 g/mol. The van der Waals surface area contributed by atoms with Crippen molar-refractivity contribution in [2.24, 2.45) is 0 Å². The summed E-state index contributed by atoms with van der Waals surface area (Å²) in [6, 6.07) is 22.6. The molecule has 4 N–H and O–H groups in total. The van der Waals surface area contributed by atoms with E-state index in [9.17, 15) is 30.0 Å². The SMILES string of the molecule is Cc1cc(OCC(O)N2CCN(CC(O)COCCOCC(O)CN3CCN(C(O)COc4cc(C)c5sc6ccccc6c(=O)c5c4)CC3)CC2)cc2c(=O)c3ccccc3sc12. The zero-order valence-electron chi connectivity index (χ0n) is 36.4. The molecule has 0 saturated carbocycles. The number of ether oxygens (including phenoxy) is 4. The minimum Gasteiger partial charge on any atom is -0.489 e. The predicted molar refractivity (Wildman–Crippen MR) is 253 cm³/mol. The van der Waals surface area contributed by atoms with Gasteiger partial charge in [-0.15, -0.1) is 22.7 Å². The fraction of sp³-hybridized carbons (Fsp3) is 0.458. The summed E-state index contributed by atoms with van der Waals surface area (Å²) in [6.07, 6.45) is -2.97. The molecule has 2 saturated heterocycles. The molecular weight excluding hydrogens is 857 g/mol. The molecule has 14 nitrogen and oxygen atoms in total. The van der Waals surface area contributed by atoms with Gasteiger partial charge in [0.2, 0.25) is 0 Å². The molecule has 4 aromatic carbocycles. The van der Waals surface area contributed by atoms with Gasteiger partial charge in [0, 0.05) is 106 Å². The highest BCUT2D eigenvalue weighted by Crippen LogP contribution is 2.32. The summed E-state index contributed by atoms with van der Waals surface area (Å²) in [5.74, 6) is 1.12. The van der Waals surface area contributed by atoms with Crippen molar-refractivity contribution < 1.29 is 39.4 Å². The van der Waals surface area contributed by atoms with Crippen LogP contribution in [0.5, 0.6) is 11.5 Å². The van der Waals surface area contributed by atoms with Gasteiger partial charge < -0.3 is 39.4 Å². The van der Waals surface area contributed by atoms with Gasteiger partial charge in [-0.05, 0) is 73.5 Å². The lowest BCUT2D eigenvalue weighted by atomic mass is 10.1. The van der Waals surface area contributed by atoms with Gasteiger partial charge in [0.05, 0.1) is 38.6 Å². The third-order valence-corrected chi connectivity index (χ3v) is 14.7. The smallest absolute Gasteiger partial charge is 0.196 e. The minimum atomic E-state index is -0.808. The van der Waals surface area contributed by atoms with Crippen LogP contribution in [0.1, 0.15) is 11.1 Å². The van der Waals surface area contributed by atoms with Crippen LogP contribution in [0.25, 0.3) is 40.3 Å². The molecular formula is C48H58N4O10S2. The topological polar surface area (TPSA) is 165 Å². The molecule has 8 rings (SSSR count). The molecule has 2 aliphatic rings. The van der Waals surface area contributed by atoms with Crippen molar-refractivity contribution in [2.75, 3.05) is 105 Å². The summed E-state index contributed by atoms with van der Waals surface area (Å²) in [4.78, 5) is 34.6. The molecule has 0 spiro atoms. The average Bonchev–Trinajstić information content (AvgIpc) is 3.30. The van der Waals surface area contributed by atoms with Crippen molar-refractivity contribution in [3.8, 4) is 11.5 Å². The summed E-state index contributed by atoms with van der Waals surface area (Å²) in [7, 11) is 0. The summed E-state index contributed by atoms with van der Waals surface area (Å²) in [5.41, 5.74) is 1.89. The Morgan fingerprint density at radius 1 is 0.531 bits per heavy atom. The molecule has 2 aliphatic heterocycles. The van der Waals surface area contributed by atoms with E-state index in [0.717, 1.165) is 29.9 Å². The zero-order valence-corrected chi connectivity index (χ0v) is 38.0. The molecule has 4 heterocycles. The van der Waals surface area contributed by atoms with E-state index in [1.165, 1.54) is 0 Å². The maximum absolute atomic E-state index is 13.2. The van der Waals surface area contributed by atoms with Crippen LogP contribution in [0, 0.1) is 13.8 Å². The second kappa shape index (κ2) is 21.4. The lowest BCUT2D eigenvalue weighted by Gasteiger charge is -2.37. The minimum absolute atomic E-state index is 0.0166. The highest BCUT2D eigenvalue weighted by molar-refractivity contribution is 7.25. The highest BCUT2D eigenvalue weighted by atomic mass is 32.1. The van der Waals surface area contributed by atoms with Gasteiger partial charge in [-0.3, -0.25) is 29.2 Å². The third kappa shape index (κ3) is 11.3. The first-order valence-electron chi connectivity index (χ1n) is 22.0. The standard InChI is InChI=1S/C48H58N4O10S2/c1-31-21-35(23-39-45(57)37-7-3-5-9-41(37)63-47(31)39)61-29-43(55)51-15-11-49(12-16-51)25-33(53)27-59-19-20-60-28-34(54)26-50-13-17-52(18-14-50)44(56)30-62-36-22-32(2)48-40(24-36)46(58)38-8-4-6-10-42(38)64-48/h3-10,21-24,33-34,43-44,53-56H,11-20,25-30H2,1-2H3. The Hall–Kier alpha value is -4.14. The normalized spacial score (nSPS) is 17.9. The molecule has 0 radical (unpaired) electrons. The van der Waals surface area contributed by atoms with E-state index >= 15 is 0 Å². The maximum atomic E-state index is 13.2. The maximum Gasteiger partial charge on any atom is 0.196 e. The van der Waals surface area contributed by atoms with Crippen LogP contribution in [0.2, 0.25) is 0 Å². The second-order valence-corrected chi connectivity index (χ2v) is 18.9. The average molecular weight is 915 g/mol. The number of hydrogen-bond donors (Lipinski definition) is 4. The Bertz CT molecular complexity index is 2470.